The average molecular weight is 328 g/mol. The zero-order valence-electron chi connectivity index (χ0n) is 14.5. The topological polar surface area (TPSA) is 57.7 Å². The van der Waals surface area contributed by atoms with Gasteiger partial charge in [-0.25, -0.2) is 0 Å². The van der Waals surface area contributed by atoms with E-state index in [4.69, 9.17) is 0 Å². The molecule has 24 heavy (non-hydrogen) atoms. The molecule has 1 saturated carbocycles. The Labute approximate surface area is 142 Å². The number of likely N-dealkylation sites (tertiary alicyclic amines) is 1. The molecule has 1 aromatic rings. The smallest absolute Gasteiger partial charge is 0.234 e. The lowest BCUT2D eigenvalue weighted by Gasteiger charge is -2.26. The van der Waals surface area contributed by atoms with Crippen LogP contribution in [0.5, 0.6) is 0 Å². The van der Waals surface area contributed by atoms with Gasteiger partial charge in [0.25, 0.3) is 0 Å². The molecule has 1 heterocycles. The van der Waals surface area contributed by atoms with Crippen molar-refractivity contribution in [2.75, 3.05) is 11.6 Å². The van der Waals surface area contributed by atoms with Crippen LogP contribution in [0.1, 0.15) is 38.7 Å². The van der Waals surface area contributed by atoms with Gasteiger partial charge in [-0.15, -0.1) is 0 Å². The van der Waals surface area contributed by atoms with Crippen LogP contribution >= 0.6 is 0 Å². The molecule has 3 rings (SSSR count). The van der Waals surface area contributed by atoms with E-state index in [2.05, 4.69) is 6.92 Å². The van der Waals surface area contributed by atoms with Crippen molar-refractivity contribution in [2.45, 2.75) is 40.0 Å². The summed E-state index contributed by atoms with van der Waals surface area (Å²) in [6.45, 7) is 5.57. The van der Waals surface area contributed by atoms with E-state index in [1.807, 2.05) is 31.2 Å². The quantitative estimate of drug-likeness (QED) is 0.802. The molecule has 2 fully saturated rings. The highest BCUT2D eigenvalue weighted by molar-refractivity contribution is 6.06. The highest BCUT2D eigenvalue weighted by Gasteiger charge is 2.49. The summed E-state index contributed by atoms with van der Waals surface area (Å²) in [4.78, 5) is 40.2. The molecule has 1 aliphatic heterocycles. The average Bonchev–Trinajstić information content (AvgIpc) is 2.77. The fraction of sp³-hybridized carbons (Fsp3) is 0.526. The third-order valence-electron chi connectivity index (χ3n) is 5.29. The number of fused-ring (bicyclic) bond motifs is 1. The maximum absolute atomic E-state index is 12.7. The van der Waals surface area contributed by atoms with Crippen LogP contribution in [0.15, 0.2) is 24.3 Å². The Balaban J connectivity index is 1.82. The molecule has 5 heteroatoms. The molecule has 3 amide bonds. The third-order valence-corrected chi connectivity index (χ3v) is 5.29. The number of imide groups is 1. The van der Waals surface area contributed by atoms with Crippen LogP contribution in [-0.2, 0) is 14.4 Å². The van der Waals surface area contributed by atoms with Crippen LogP contribution in [0.2, 0.25) is 0 Å². The van der Waals surface area contributed by atoms with Gasteiger partial charge in [0.2, 0.25) is 17.7 Å². The minimum Gasteiger partial charge on any atom is -0.294 e. The molecule has 1 saturated heterocycles. The van der Waals surface area contributed by atoms with Gasteiger partial charge in [0, 0.05) is 12.6 Å². The lowest BCUT2D eigenvalue weighted by molar-refractivity contribution is -0.140. The number of carbonyl (C=O) groups excluding carboxylic acids is 3. The van der Waals surface area contributed by atoms with Crippen LogP contribution < -0.4 is 4.90 Å². The number of aryl methyl sites for hydroxylation is 1. The summed E-state index contributed by atoms with van der Waals surface area (Å²) in [6, 6.07) is 7.52. The van der Waals surface area contributed by atoms with Crippen molar-refractivity contribution in [2.24, 2.45) is 17.8 Å². The molecule has 128 valence electrons. The van der Waals surface area contributed by atoms with E-state index in [1.54, 1.807) is 0 Å². The second-order valence-corrected chi connectivity index (χ2v) is 7.16. The lowest BCUT2D eigenvalue weighted by atomic mass is 9.76. The van der Waals surface area contributed by atoms with Crippen LogP contribution in [0.3, 0.4) is 0 Å². The Morgan fingerprint density at radius 2 is 1.75 bits per heavy atom. The first kappa shape index (κ1) is 16.7. The molecule has 0 radical (unpaired) electrons. The largest absolute Gasteiger partial charge is 0.294 e. The van der Waals surface area contributed by atoms with Crippen LogP contribution in [0, 0.1) is 24.7 Å². The van der Waals surface area contributed by atoms with Gasteiger partial charge >= 0.3 is 0 Å². The molecule has 2 aliphatic rings. The summed E-state index contributed by atoms with van der Waals surface area (Å²) in [5, 5.41) is 0. The Morgan fingerprint density at radius 3 is 2.38 bits per heavy atom. The van der Waals surface area contributed by atoms with Gasteiger partial charge in [-0.2, -0.15) is 0 Å². The molecule has 0 aromatic heterocycles. The molecular weight excluding hydrogens is 304 g/mol. The van der Waals surface area contributed by atoms with Crippen molar-refractivity contribution in [3.8, 4) is 0 Å². The molecule has 0 N–H and O–H groups in total. The summed E-state index contributed by atoms with van der Waals surface area (Å²) < 4.78 is 0. The standard InChI is InChI=1S/C19H24N2O3/c1-12-4-7-15(8-5-12)20(14(3)22)11-21-18(23)16-9-6-13(2)10-17(16)19(21)24/h4-5,7-8,13,16-17H,6,9-11H2,1-3H3/t13-,16-,17-/m0/s1. The normalized spacial score (nSPS) is 26.5. The van der Waals surface area contributed by atoms with Gasteiger partial charge in [0.05, 0.1) is 11.8 Å². The number of anilines is 1. The van der Waals surface area contributed by atoms with E-state index in [-0.39, 0.29) is 36.2 Å². The van der Waals surface area contributed by atoms with Gasteiger partial charge in [-0.05, 0) is 44.2 Å². The number of hydrogen-bond acceptors (Lipinski definition) is 3. The Bertz CT molecular complexity index is 668. The first-order chi connectivity index (χ1) is 11.4. The second-order valence-electron chi connectivity index (χ2n) is 7.16. The first-order valence-electron chi connectivity index (χ1n) is 8.58. The van der Waals surface area contributed by atoms with Crippen molar-refractivity contribution >= 4 is 23.4 Å². The predicted molar refractivity (Wildman–Crippen MR) is 91.1 cm³/mol. The summed E-state index contributed by atoms with van der Waals surface area (Å²) in [6.07, 6.45) is 2.54. The van der Waals surface area contributed by atoms with Crippen LogP contribution in [0.25, 0.3) is 0 Å². The van der Waals surface area contributed by atoms with Gasteiger partial charge in [-0.1, -0.05) is 24.6 Å². The maximum atomic E-state index is 12.7. The van der Waals surface area contributed by atoms with Gasteiger partial charge in [0.1, 0.15) is 6.67 Å². The van der Waals surface area contributed by atoms with E-state index in [1.165, 1.54) is 16.7 Å². The maximum Gasteiger partial charge on any atom is 0.234 e. The SMILES string of the molecule is CC(=O)N(CN1C(=O)[C@H]2CC[C@H](C)C[C@@H]2C1=O)c1ccc(C)cc1. The zero-order chi connectivity index (χ0) is 17.4. The fourth-order valence-electron chi connectivity index (χ4n) is 3.83. The van der Waals surface area contributed by atoms with Gasteiger partial charge in [0.15, 0.2) is 0 Å². The highest BCUT2D eigenvalue weighted by Crippen LogP contribution is 2.40. The summed E-state index contributed by atoms with van der Waals surface area (Å²) in [7, 11) is 0. The van der Waals surface area contributed by atoms with Crippen molar-refractivity contribution in [3.63, 3.8) is 0 Å². The number of rotatable bonds is 3. The van der Waals surface area contributed by atoms with Crippen LogP contribution in [0.4, 0.5) is 5.69 Å². The van der Waals surface area contributed by atoms with E-state index < -0.39 is 0 Å². The molecule has 1 aromatic carbocycles. The van der Waals surface area contributed by atoms with E-state index in [0.717, 1.165) is 24.8 Å². The number of amides is 3. The summed E-state index contributed by atoms with van der Waals surface area (Å²) in [5.41, 5.74) is 1.80. The molecule has 3 atom stereocenters. The molecular formula is C19H24N2O3. The third kappa shape index (κ3) is 2.95. The number of benzene rings is 1. The lowest BCUT2D eigenvalue weighted by Crippen LogP contribution is -2.44. The second kappa shape index (κ2) is 6.38. The Morgan fingerprint density at radius 1 is 1.12 bits per heavy atom. The van der Waals surface area contributed by atoms with Crippen molar-refractivity contribution < 1.29 is 14.4 Å². The number of nitrogens with zero attached hydrogens (tertiary/aromatic N) is 2. The van der Waals surface area contributed by atoms with Crippen LogP contribution in [-0.4, -0.2) is 29.3 Å². The van der Waals surface area contributed by atoms with E-state index in [9.17, 15) is 14.4 Å². The monoisotopic (exact) mass is 328 g/mol. The summed E-state index contributed by atoms with van der Waals surface area (Å²) >= 11 is 0. The van der Waals surface area contributed by atoms with Crippen molar-refractivity contribution in [1.29, 1.82) is 0 Å². The predicted octanol–water partition coefficient (Wildman–Crippen LogP) is 2.73. The number of hydrogen-bond donors (Lipinski definition) is 0. The van der Waals surface area contributed by atoms with Gasteiger partial charge in [-0.3, -0.25) is 24.2 Å². The summed E-state index contributed by atoms with van der Waals surface area (Å²) in [5.74, 6) is -0.328. The van der Waals surface area contributed by atoms with E-state index >= 15 is 0 Å². The molecule has 0 spiro atoms. The van der Waals surface area contributed by atoms with Gasteiger partial charge < -0.3 is 0 Å². The molecule has 5 nitrogen and oxygen atoms in total. The highest BCUT2D eigenvalue weighted by atomic mass is 16.2. The Hall–Kier alpha value is -2.17. The fourth-order valence-corrected chi connectivity index (χ4v) is 3.83. The minimum absolute atomic E-state index is 0.0114. The molecule has 0 bridgehead atoms. The number of carbonyl (C=O) groups is 3. The van der Waals surface area contributed by atoms with Crippen molar-refractivity contribution in [3.05, 3.63) is 29.8 Å². The Kier molecular flexibility index (Phi) is 4.43. The molecule has 1 aliphatic carbocycles. The van der Waals surface area contributed by atoms with E-state index in [0.29, 0.717) is 11.6 Å². The minimum atomic E-state index is -0.201. The molecule has 0 unspecified atom stereocenters. The zero-order valence-corrected chi connectivity index (χ0v) is 14.5. The van der Waals surface area contributed by atoms with Crippen molar-refractivity contribution in [1.82, 2.24) is 4.90 Å². The first-order valence-corrected chi connectivity index (χ1v) is 8.58.